The summed E-state index contributed by atoms with van der Waals surface area (Å²) in [4.78, 5) is 0. The van der Waals surface area contributed by atoms with Crippen LogP contribution < -0.4 is 5.32 Å². The second-order valence-corrected chi connectivity index (χ2v) is 5.94. The van der Waals surface area contributed by atoms with E-state index in [4.69, 9.17) is 0 Å². The van der Waals surface area contributed by atoms with Gasteiger partial charge in [0.15, 0.2) is 0 Å². The average Bonchev–Trinajstić information content (AvgIpc) is 2.48. The van der Waals surface area contributed by atoms with Crippen molar-refractivity contribution in [2.24, 2.45) is 0 Å². The van der Waals surface area contributed by atoms with Crippen molar-refractivity contribution in [3.8, 4) is 0 Å². The summed E-state index contributed by atoms with van der Waals surface area (Å²) in [6.07, 6.45) is 1.38. The lowest BCUT2D eigenvalue weighted by Crippen LogP contribution is -2.22. The molecule has 0 amide bonds. The van der Waals surface area contributed by atoms with Crippen LogP contribution in [0.4, 0.5) is 4.39 Å². The molecule has 5 heteroatoms. The topological polar surface area (TPSA) is 37.8 Å². The molecule has 2 aromatic rings. The zero-order valence-corrected chi connectivity index (χ0v) is 14.0. The number of rotatable bonds is 5. The molecule has 1 heterocycles. The third-order valence-corrected chi connectivity index (χ3v) is 4.01. The second-order valence-electron chi connectivity index (χ2n) is 5.02. The van der Waals surface area contributed by atoms with Crippen LogP contribution in [-0.2, 0) is 12.8 Å². The predicted molar refractivity (Wildman–Crippen MR) is 85.8 cm³/mol. The third-order valence-electron chi connectivity index (χ3n) is 3.52. The van der Waals surface area contributed by atoms with E-state index in [0.717, 1.165) is 27.8 Å². The molecule has 2 rings (SSSR count). The lowest BCUT2D eigenvalue weighted by Gasteiger charge is -2.19. The number of benzene rings is 1. The van der Waals surface area contributed by atoms with E-state index in [1.165, 1.54) is 6.07 Å². The summed E-state index contributed by atoms with van der Waals surface area (Å²) in [5.41, 5.74) is 3.60. The Bertz CT molecular complexity index is 631. The Morgan fingerprint density at radius 3 is 2.71 bits per heavy atom. The largest absolute Gasteiger partial charge is 0.313 e. The number of hydrogen-bond donors (Lipinski definition) is 1. The van der Waals surface area contributed by atoms with E-state index in [1.807, 2.05) is 26.1 Å². The van der Waals surface area contributed by atoms with Crippen molar-refractivity contribution in [2.75, 3.05) is 7.05 Å². The van der Waals surface area contributed by atoms with Gasteiger partial charge in [-0.2, -0.15) is 10.2 Å². The smallest absolute Gasteiger partial charge is 0.126 e. The summed E-state index contributed by atoms with van der Waals surface area (Å²) in [6.45, 7) is 3.97. The fourth-order valence-corrected chi connectivity index (χ4v) is 2.81. The molecule has 0 saturated carbocycles. The number of hydrogen-bond acceptors (Lipinski definition) is 3. The van der Waals surface area contributed by atoms with Crippen LogP contribution in [0.15, 0.2) is 28.7 Å². The Morgan fingerprint density at radius 2 is 2.05 bits per heavy atom. The first kappa shape index (κ1) is 16.0. The Morgan fingerprint density at radius 1 is 1.29 bits per heavy atom. The van der Waals surface area contributed by atoms with Crippen molar-refractivity contribution in [1.29, 1.82) is 0 Å². The molecule has 21 heavy (non-hydrogen) atoms. The van der Waals surface area contributed by atoms with Crippen LogP contribution in [0, 0.1) is 12.7 Å². The molecule has 1 N–H and O–H groups in total. The molecule has 1 aromatic heterocycles. The van der Waals surface area contributed by atoms with Crippen LogP contribution in [0.3, 0.4) is 0 Å². The monoisotopic (exact) mass is 351 g/mol. The van der Waals surface area contributed by atoms with Crippen molar-refractivity contribution in [2.45, 2.75) is 32.7 Å². The average molecular weight is 352 g/mol. The van der Waals surface area contributed by atoms with Gasteiger partial charge in [0, 0.05) is 10.5 Å². The SMILES string of the molecule is CCc1nnc(C)cc1C(Cc1cc(Br)ccc1F)NC. The van der Waals surface area contributed by atoms with Crippen LogP contribution in [-0.4, -0.2) is 17.2 Å². The van der Waals surface area contributed by atoms with Gasteiger partial charge in [0.05, 0.1) is 11.4 Å². The van der Waals surface area contributed by atoms with Crippen LogP contribution in [0.5, 0.6) is 0 Å². The lowest BCUT2D eigenvalue weighted by atomic mass is 9.96. The van der Waals surface area contributed by atoms with Gasteiger partial charge in [-0.25, -0.2) is 4.39 Å². The highest BCUT2D eigenvalue weighted by Gasteiger charge is 2.17. The van der Waals surface area contributed by atoms with E-state index >= 15 is 0 Å². The summed E-state index contributed by atoms with van der Waals surface area (Å²) in [6, 6.07) is 7.07. The van der Waals surface area contributed by atoms with Crippen LogP contribution in [0.25, 0.3) is 0 Å². The summed E-state index contributed by atoms with van der Waals surface area (Å²) >= 11 is 3.39. The minimum Gasteiger partial charge on any atom is -0.313 e. The molecule has 0 fully saturated rings. The number of nitrogens with one attached hydrogen (secondary N) is 1. The van der Waals surface area contributed by atoms with Crippen LogP contribution >= 0.6 is 15.9 Å². The van der Waals surface area contributed by atoms with Gasteiger partial charge in [0.25, 0.3) is 0 Å². The Hall–Kier alpha value is -1.33. The Balaban J connectivity index is 2.36. The van der Waals surface area contributed by atoms with Crippen LogP contribution in [0.2, 0.25) is 0 Å². The maximum Gasteiger partial charge on any atom is 0.126 e. The Labute approximate surface area is 133 Å². The second kappa shape index (κ2) is 7.09. The van der Waals surface area contributed by atoms with Crippen molar-refractivity contribution in [3.05, 3.63) is 57.1 Å². The number of nitrogens with zero attached hydrogens (tertiary/aromatic N) is 2. The zero-order valence-electron chi connectivity index (χ0n) is 12.5. The third kappa shape index (κ3) is 3.86. The molecule has 3 nitrogen and oxygen atoms in total. The van der Waals surface area contributed by atoms with E-state index in [-0.39, 0.29) is 11.9 Å². The summed E-state index contributed by atoms with van der Waals surface area (Å²) in [5, 5.41) is 11.6. The fraction of sp³-hybridized carbons (Fsp3) is 0.375. The van der Waals surface area contributed by atoms with Gasteiger partial charge in [-0.1, -0.05) is 22.9 Å². The predicted octanol–water partition coefficient (Wildman–Crippen LogP) is 3.75. The first-order chi connectivity index (χ1) is 10.0. The molecule has 1 atom stereocenters. The van der Waals surface area contributed by atoms with Crippen molar-refractivity contribution < 1.29 is 4.39 Å². The molecule has 0 bridgehead atoms. The van der Waals surface area contributed by atoms with Gasteiger partial charge < -0.3 is 5.32 Å². The fourth-order valence-electron chi connectivity index (χ4n) is 2.40. The standard InChI is InChI=1S/C16H19BrFN3/c1-4-15-13(7-10(2)20-21-15)16(19-3)9-11-8-12(17)5-6-14(11)18/h5-8,16,19H,4,9H2,1-3H3. The number of aryl methyl sites for hydroxylation is 2. The molecule has 0 saturated heterocycles. The Kier molecular flexibility index (Phi) is 5.42. The molecule has 0 radical (unpaired) electrons. The van der Waals surface area contributed by atoms with E-state index in [0.29, 0.717) is 12.0 Å². The molecular weight excluding hydrogens is 333 g/mol. The minimum absolute atomic E-state index is 0.0120. The van der Waals surface area contributed by atoms with Crippen molar-refractivity contribution in [3.63, 3.8) is 0 Å². The van der Waals surface area contributed by atoms with E-state index < -0.39 is 0 Å². The number of aromatic nitrogens is 2. The first-order valence-corrected chi connectivity index (χ1v) is 7.78. The van der Waals surface area contributed by atoms with Gasteiger partial charge in [-0.3, -0.25) is 0 Å². The highest BCUT2D eigenvalue weighted by atomic mass is 79.9. The molecule has 0 aliphatic carbocycles. The molecule has 112 valence electrons. The van der Waals surface area contributed by atoms with Gasteiger partial charge in [0.2, 0.25) is 0 Å². The first-order valence-electron chi connectivity index (χ1n) is 6.99. The van der Waals surface area contributed by atoms with E-state index in [2.05, 4.69) is 38.4 Å². The highest BCUT2D eigenvalue weighted by Crippen LogP contribution is 2.24. The van der Waals surface area contributed by atoms with Crippen molar-refractivity contribution in [1.82, 2.24) is 15.5 Å². The van der Waals surface area contributed by atoms with E-state index in [9.17, 15) is 4.39 Å². The summed E-state index contributed by atoms with van der Waals surface area (Å²) in [7, 11) is 1.88. The summed E-state index contributed by atoms with van der Waals surface area (Å²) in [5.74, 6) is -0.185. The molecular formula is C16H19BrFN3. The molecule has 1 unspecified atom stereocenters. The molecule has 0 aliphatic rings. The highest BCUT2D eigenvalue weighted by molar-refractivity contribution is 9.10. The van der Waals surface area contributed by atoms with Gasteiger partial charge in [-0.05, 0) is 62.2 Å². The van der Waals surface area contributed by atoms with E-state index in [1.54, 1.807) is 6.07 Å². The maximum absolute atomic E-state index is 14.0. The normalized spacial score (nSPS) is 12.4. The van der Waals surface area contributed by atoms with Crippen molar-refractivity contribution >= 4 is 15.9 Å². The lowest BCUT2D eigenvalue weighted by molar-refractivity contribution is 0.547. The zero-order chi connectivity index (χ0) is 15.4. The number of halogens is 2. The maximum atomic E-state index is 14.0. The minimum atomic E-state index is -0.185. The van der Waals surface area contributed by atoms with Crippen LogP contribution in [0.1, 0.15) is 35.5 Å². The number of likely N-dealkylation sites (N-methyl/N-ethyl adjacent to an activating group) is 1. The van der Waals surface area contributed by atoms with Gasteiger partial charge in [-0.15, -0.1) is 0 Å². The molecule has 0 spiro atoms. The summed E-state index contributed by atoms with van der Waals surface area (Å²) < 4.78 is 14.9. The quantitative estimate of drug-likeness (QED) is 0.891. The molecule has 1 aromatic carbocycles. The van der Waals surface area contributed by atoms with Gasteiger partial charge in [0.1, 0.15) is 5.82 Å². The molecule has 0 aliphatic heterocycles. The van der Waals surface area contributed by atoms with Gasteiger partial charge >= 0.3 is 0 Å².